The first kappa shape index (κ1) is 20.3. The topological polar surface area (TPSA) is 50.8 Å². The second-order valence-electron chi connectivity index (χ2n) is 7.66. The predicted molar refractivity (Wildman–Crippen MR) is 106 cm³/mol. The molecule has 0 aliphatic carbocycles. The van der Waals surface area contributed by atoms with E-state index in [2.05, 4.69) is 31.0 Å². The van der Waals surface area contributed by atoms with Crippen molar-refractivity contribution in [3.63, 3.8) is 0 Å². The Kier molecular flexibility index (Phi) is 7.09. The molecule has 1 aromatic rings. The molecule has 1 fully saturated rings. The van der Waals surface area contributed by atoms with Gasteiger partial charge in [-0.3, -0.25) is 9.69 Å². The van der Waals surface area contributed by atoms with Gasteiger partial charge in [-0.15, -0.1) is 0 Å². The van der Waals surface area contributed by atoms with Gasteiger partial charge in [0.2, 0.25) is 5.91 Å². The monoisotopic (exact) mass is 360 g/mol. The summed E-state index contributed by atoms with van der Waals surface area (Å²) < 4.78 is 10.5. The third-order valence-electron chi connectivity index (χ3n) is 5.06. The van der Waals surface area contributed by atoms with E-state index in [-0.39, 0.29) is 11.4 Å². The van der Waals surface area contributed by atoms with Crippen LogP contribution in [0.25, 0.3) is 6.08 Å². The third-order valence-corrected chi connectivity index (χ3v) is 5.06. The molecule has 1 aromatic carbocycles. The van der Waals surface area contributed by atoms with Gasteiger partial charge in [0.15, 0.2) is 0 Å². The molecule has 1 atom stereocenters. The lowest BCUT2D eigenvalue weighted by Crippen LogP contribution is -2.54. The highest BCUT2D eigenvalue weighted by Gasteiger charge is 2.30. The lowest BCUT2D eigenvalue weighted by atomic mass is 9.93. The molecule has 0 aromatic heterocycles. The average Bonchev–Trinajstić information content (AvgIpc) is 2.64. The van der Waals surface area contributed by atoms with Crippen molar-refractivity contribution < 1.29 is 14.3 Å². The van der Waals surface area contributed by atoms with Crippen molar-refractivity contribution in [2.24, 2.45) is 5.92 Å². The Balaban J connectivity index is 1.93. The number of hydrogen-bond acceptors (Lipinski definition) is 4. The van der Waals surface area contributed by atoms with E-state index < -0.39 is 0 Å². The molecule has 1 unspecified atom stereocenters. The van der Waals surface area contributed by atoms with Gasteiger partial charge in [0.1, 0.15) is 11.5 Å². The molecule has 2 rings (SSSR count). The Bertz CT molecular complexity index is 640. The van der Waals surface area contributed by atoms with Gasteiger partial charge >= 0.3 is 0 Å². The maximum absolute atomic E-state index is 12.3. The zero-order valence-corrected chi connectivity index (χ0v) is 16.7. The third kappa shape index (κ3) is 5.49. The van der Waals surface area contributed by atoms with Crippen LogP contribution < -0.4 is 14.8 Å². The predicted octanol–water partition coefficient (Wildman–Crippen LogP) is 3.34. The maximum Gasteiger partial charge on any atom is 0.244 e. The second kappa shape index (κ2) is 9.08. The van der Waals surface area contributed by atoms with E-state index in [1.165, 1.54) is 12.8 Å². The first-order chi connectivity index (χ1) is 12.4. The fourth-order valence-electron chi connectivity index (χ4n) is 3.33. The Hall–Kier alpha value is -2.01. The number of carbonyl (C=O) groups excluding carboxylic acids is 1. The summed E-state index contributed by atoms with van der Waals surface area (Å²) >= 11 is 0. The number of likely N-dealkylation sites (tertiary alicyclic amines) is 1. The highest BCUT2D eigenvalue weighted by molar-refractivity contribution is 5.92. The van der Waals surface area contributed by atoms with Crippen molar-refractivity contribution in [3.8, 4) is 11.5 Å². The minimum atomic E-state index is -0.0963. The highest BCUT2D eigenvalue weighted by atomic mass is 16.5. The lowest BCUT2D eigenvalue weighted by Gasteiger charge is -2.43. The van der Waals surface area contributed by atoms with Gasteiger partial charge < -0.3 is 14.8 Å². The first-order valence-electron chi connectivity index (χ1n) is 9.28. The van der Waals surface area contributed by atoms with Crippen LogP contribution >= 0.6 is 0 Å². The van der Waals surface area contributed by atoms with Crippen molar-refractivity contribution >= 4 is 12.0 Å². The van der Waals surface area contributed by atoms with Crippen molar-refractivity contribution in [1.29, 1.82) is 0 Å². The van der Waals surface area contributed by atoms with E-state index in [4.69, 9.17) is 9.47 Å². The lowest BCUT2D eigenvalue weighted by molar-refractivity contribution is -0.117. The number of hydrogen-bond donors (Lipinski definition) is 1. The number of methoxy groups -OCH3 is 2. The summed E-state index contributed by atoms with van der Waals surface area (Å²) in [6.07, 6.45) is 5.85. The standard InChI is InChI=1S/C21H32N2O3/c1-16-7-6-12-23(14-16)21(2,3)15-22-20(24)11-9-17-8-10-18(25-4)13-19(17)26-5/h8-11,13,16H,6-7,12,14-15H2,1-5H3,(H,22,24). The van der Waals surface area contributed by atoms with Crippen LogP contribution in [0, 0.1) is 5.92 Å². The molecule has 5 heteroatoms. The highest BCUT2D eigenvalue weighted by Crippen LogP contribution is 2.26. The molecule has 144 valence electrons. The molecular weight excluding hydrogens is 328 g/mol. The first-order valence-corrected chi connectivity index (χ1v) is 9.28. The van der Waals surface area contributed by atoms with E-state index in [0.29, 0.717) is 12.3 Å². The number of ether oxygens (including phenoxy) is 2. The summed E-state index contributed by atoms with van der Waals surface area (Å²) in [5, 5.41) is 3.03. The Morgan fingerprint density at radius 3 is 2.77 bits per heavy atom. The summed E-state index contributed by atoms with van der Waals surface area (Å²) in [5.41, 5.74) is 0.795. The second-order valence-corrected chi connectivity index (χ2v) is 7.66. The normalized spacial score (nSPS) is 18.7. The van der Waals surface area contributed by atoms with Gasteiger partial charge in [0.05, 0.1) is 14.2 Å². The molecule has 1 aliphatic heterocycles. The number of benzene rings is 1. The van der Waals surface area contributed by atoms with Crippen LogP contribution in [-0.2, 0) is 4.79 Å². The molecule has 1 aliphatic rings. The molecule has 1 saturated heterocycles. The largest absolute Gasteiger partial charge is 0.497 e. The Morgan fingerprint density at radius 2 is 2.12 bits per heavy atom. The van der Waals surface area contributed by atoms with Gasteiger partial charge in [-0.1, -0.05) is 6.92 Å². The molecule has 5 nitrogen and oxygen atoms in total. The summed E-state index contributed by atoms with van der Waals surface area (Å²) in [6.45, 7) is 9.52. The zero-order valence-electron chi connectivity index (χ0n) is 16.7. The van der Waals surface area contributed by atoms with E-state index in [9.17, 15) is 4.79 Å². The van der Waals surface area contributed by atoms with Crippen LogP contribution in [-0.4, -0.2) is 50.2 Å². The fourth-order valence-corrected chi connectivity index (χ4v) is 3.33. The van der Waals surface area contributed by atoms with E-state index in [1.807, 2.05) is 12.1 Å². The Morgan fingerprint density at radius 1 is 1.35 bits per heavy atom. The minimum absolute atomic E-state index is 0.0457. The van der Waals surface area contributed by atoms with Gasteiger partial charge in [-0.2, -0.15) is 0 Å². The number of amides is 1. The number of carbonyl (C=O) groups is 1. The Labute approximate surface area is 157 Å². The maximum atomic E-state index is 12.3. The van der Waals surface area contributed by atoms with Crippen LogP contribution in [0.2, 0.25) is 0 Å². The molecule has 1 amide bonds. The van der Waals surface area contributed by atoms with Crippen LogP contribution in [0.3, 0.4) is 0 Å². The molecule has 0 radical (unpaired) electrons. The molecule has 0 saturated carbocycles. The smallest absolute Gasteiger partial charge is 0.244 e. The molecule has 1 heterocycles. The number of rotatable bonds is 7. The quantitative estimate of drug-likeness (QED) is 0.758. The zero-order chi connectivity index (χ0) is 19.2. The molecular formula is C21H32N2O3. The van der Waals surface area contributed by atoms with E-state index >= 15 is 0 Å². The number of piperidine rings is 1. The fraction of sp³-hybridized carbons (Fsp3) is 0.571. The minimum Gasteiger partial charge on any atom is -0.497 e. The summed E-state index contributed by atoms with van der Waals surface area (Å²) in [4.78, 5) is 14.7. The molecule has 0 spiro atoms. The van der Waals surface area contributed by atoms with Gasteiger partial charge in [-0.25, -0.2) is 0 Å². The number of nitrogens with one attached hydrogen (secondary N) is 1. The van der Waals surface area contributed by atoms with Crippen molar-refractivity contribution in [1.82, 2.24) is 10.2 Å². The van der Waals surface area contributed by atoms with Gasteiger partial charge in [-0.05, 0) is 57.4 Å². The number of nitrogens with zero attached hydrogens (tertiary/aromatic N) is 1. The van der Waals surface area contributed by atoms with E-state index in [1.54, 1.807) is 32.4 Å². The SMILES string of the molecule is COc1ccc(C=CC(=O)NCC(C)(C)N2CCCC(C)C2)c(OC)c1. The van der Waals surface area contributed by atoms with Crippen LogP contribution in [0.4, 0.5) is 0 Å². The van der Waals surface area contributed by atoms with Crippen molar-refractivity contribution in [2.45, 2.75) is 39.2 Å². The van der Waals surface area contributed by atoms with E-state index in [0.717, 1.165) is 30.3 Å². The molecule has 0 bridgehead atoms. The average molecular weight is 360 g/mol. The molecule has 26 heavy (non-hydrogen) atoms. The van der Waals surface area contributed by atoms with Crippen LogP contribution in [0.15, 0.2) is 24.3 Å². The van der Waals surface area contributed by atoms with Crippen molar-refractivity contribution in [2.75, 3.05) is 33.9 Å². The summed E-state index contributed by atoms with van der Waals surface area (Å²) in [5.74, 6) is 2.03. The molecule has 1 N–H and O–H groups in total. The van der Waals surface area contributed by atoms with Gasteiger partial charge in [0.25, 0.3) is 0 Å². The van der Waals surface area contributed by atoms with Crippen LogP contribution in [0.1, 0.15) is 39.2 Å². The van der Waals surface area contributed by atoms with Crippen LogP contribution in [0.5, 0.6) is 11.5 Å². The van der Waals surface area contributed by atoms with Crippen molar-refractivity contribution in [3.05, 3.63) is 29.8 Å². The summed E-state index contributed by atoms with van der Waals surface area (Å²) in [7, 11) is 3.22. The van der Waals surface area contributed by atoms with Gasteiger partial charge in [0, 0.05) is 36.3 Å². The summed E-state index contributed by atoms with van der Waals surface area (Å²) in [6, 6.07) is 5.53.